The third-order valence-corrected chi connectivity index (χ3v) is 3.48. The molecule has 1 unspecified atom stereocenters. The summed E-state index contributed by atoms with van der Waals surface area (Å²) in [6.07, 6.45) is 2.22. The van der Waals surface area contributed by atoms with Crippen molar-refractivity contribution in [1.82, 2.24) is 4.57 Å². The van der Waals surface area contributed by atoms with Crippen molar-refractivity contribution in [2.45, 2.75) is 25.4 Å². The van der Waals surface area contributed by atoms with Crippen LogP contribution in [-0.4, -0.2) is 4.57 Å². The molecule has 1 atom stereocenters. The van der Waals surface area contributed by atoms with Gasteiger partial charge in [-0.3, -0.25) is 0 Å². The summed E-state index contributed by atoms with van der Waals surface area (Å²) in [5, 5.41) is 2.03. The largest absolute Gasteiger partial charge is 0.342 e. The number of rotatable bonds is 0. The number of hydrogen-bond donors (Lipinski definition) is 1. The van der Waals surface area contributed by atoms with Gasteiger partial charge in [0.05, 0.1) is 10.5 Å². The highest BCUT2D eigenvalue weighted by Crippen LogP contribution is 2.33. The number of halogens is 1. The first-order valence-electron chi connectivity index (χ1n) is 5.30. The Labute approximate surface area is 93.6 Å². The normalized spacial score (nSPS) is 20.5. The molecule has 2 aromatic rings. The lowest BCUT2D eigenvalue weighted by atomic mass is 10.1. The van der Waals surface area contributed by atoms with Crippen molar-refractivity contribution in [2.24, 2.45) is 5.73 Å². The van der Waals surface area contributed by atoms with E-state index in [4.69, 9.17) is 17.3 Å². The minimum atomic E-state index is 0.169. The van der Waals surface area contributed by atoms with E-state index >= 15 is 0 Å². The Hall–Kier alpha value is -0.990. The summed E-state index contributed by atoms with van der Waals surface area (Å²) in [6, 6.07) is 8.37. The van der Waals surface area contributed by atoms with Crippen LogP contribution < -0.4 is 5.73 Å². The summed E-state index contributed by atoms with van der Waals surface area (Å²) in [5.74, 6) is 0. The zero-order valence-electron chi connectivity index (χ0n) is 8.41. The molecule has 0 saturated heterocycles. The second-order valence-corrected chi connectivity index (χ2v) is 4.55. The van der Waals surface area contributed by atoms with Crippen LogP contribution in [0.5, 0.6) is 0 Å². The van der Waals surface area contributed by atoms with Gasteiger partial charge in [-0.2, -0.15) is 0 Å². The van der Waals surface area contributed by atoms with Crippen molar-refractivity contribution in [1.29, 1.82) is 0 Å². The summed E-state index contributed by atoms with van der Waals surface area (Å²) in [5.41, 5.74) is 8.47. The maximum absolute atomic E-state index is 6.22. The summed E-state index contributed by atoms with van der Waals surface area (Å²) in [4.78, 5) is 0. The van der Waals surface area contributed by atoms with Crippen molar-refractivity contribution in [3.8, 4) is 0 Å². The summed E-state index contributed by atoms with van der Waals surface area (Å²) in [7, 11) is 0. The van der Waals surface area contributed by atoms with Gasteiger partial charge in [0.25, 0.3) is 0 Å². The van der Waals surface area contributed by atoms with Gasteiger partial charge in [-0.05, 0) is 25.0 Å². The van der Waals surface area contributed by atoms with E-state index in [1.165, 1.54) is 11.1 Å². The molecule has 0 aliphatic carbocycles. The number of aryl methyl sites for hydroxylation is 1. The van der Waals surface area contributed by atoms with E-state index < -0.39 is 0 Å². The average molecular weight is 221 g/mol. The number of benzene rings is 1. The molecule has 2 heterocycles. The number of nitrogens with zero attached hydrogens (tertiary/aromatic N) is 1. The SMILES string of the molecule is NC1CCCn2c1cc1cccc(Cl)c12. The molecule has 78 valence electrons. The van der Waals surface area contributed by atoms with Crippen LogP contribution in [0.3, 0.4) is 0 Å². The van der Waals surface area contributed by atoms with Gasteiger partial charge in [-0.25, -0.2) is 0 Å². The van der Waals surface area contributed by atoms with E-state index in [9.17, 15) is 0 Å². The van der Waals surface area contributed by atoms with Gasteiger partial charge in [0, 0.05) is 23.7 Å². The van der Waals surface area contributed by atoms with Crippen molar-refractivity contribution in [3.05, 3.63) is 35.0 Å². The Morgan fingerprint density at radius 2 is 2.27 bits per heavy atom. The van der Waals surface area contributed by atoms with E-state index in [1.807, 2.05) is 12.1 Å². The molecule has 2 N–H and O–H groups in total. The molecule has 0 amide bonds. The van der Waals surface area contributed by atoms with E-state index in [0.29, 0.717) is 0 Å². The van der Waals surface area contributed by atoms with Crippen molar-refractivity contribution >= 4 is 22.5 Å². The highest BCUT2D eigenvalue weighted by atomic mass is 35.5. The number of hydrogen-bond acceptors (Lipinski definition) is 1. The second kappa shape index (κ2) is 3.26. The van der Waals surface area contributed by atoms with Gasteiger partial charge >= 0.3 is 0 Å². The smallest absolute Gasteiger partial charge is 0.0672 e. The van der Waals surface area contributed by atoms with E-state index in [-0.39, 0.29) is 6.04 Å². The van der Waals surface area contributed by atoms with Gasteiger partial charge in [0.2, 0.25) is 0 Å². The molecule has 0 spiro atoms. The number of nitrogens with two attached hydrogens (primary N) is 1. The van der Waals surface area contributed by atoms with Gasteiger partial charge in [0.1, 0.15) is 0 Å². The zero-order chi connectivity index (χ0) is 10.4. The molecule has 3 rings (SSSR count). The standard InChI is InChI=1S/C12H13ClN2/c13-9-4-1-3-8-7-11-10(14)5-2-6-15(11)12(8)9/h1,3-4,7,10H,2,5-6,14H2. The lowest BCUT2D eigenvalue weighted by Gasteiger charge is -2.22. The molecule has 1 aromatic carbocycles. The highest BCUT2D eigenvalue weighted by Gasteiger charge is 2.20. The summed E-state index contributed by atoms with van der Waals surface area (Å²) < 4.78 is 2.27. The lowest BCUT2D eigenvalue weighted by Crippen LogP contribution is -2.20. The number of fused-ring (bicyclic) bond motifs is 3. The molecular formula is C12H13ClN2. The maximum Gasteiger partial charge on any atom is 0.0672 e. The van der Waals surface area contributed by atoms with Crippen LogP contribution in [0.1, 0.15) is 24.6 Å². The Balaban J connectivity index is 2.36. The number of para-hydroxylation sites is 1. The van der Waals surface area contributed by atoms with Crippen molar-refractivity contribution < 1.29 is 0 Å². The van der Waals surface area contributed by atoms with Crippen LogP contribution >= 0.6 is 11.6 Å². The van der Waals surface area contributed by atoms with Gasteiger partial charge in [-0.15, -0.1) is 0 Å². The maximum atomic E-state index is 6.22. The monoisotopic (exact) mass is 220 g/mol. The van der Waals surface area contributed by atoms with Crippen LogP contribution in [0.25, 0.3) is 10.9 Å². The molecule has 1 aliphatic rings. The van der Waals surface area contributed by atoms with Crippen LogP contribution in [0.4, 0.5) is 0 Å². The van der Waals surface area contributed by atoms with Gasteiger partial charge < -0.3 is 10.3 Å². The third kappa shape index (κ3) is 1.29. The first-order chi connectivity index (χ1) is 7.27. The fourth-order valence-electron chi connectivity index (χ4n) is 2.46. The predicted octanol–water partition coefficient (Wildman–Crippen LogP) is 3.09. The van der Waals surface area contributed by atoms with Crippen molar-refractivity contribution in [3.63, 3.8) is 0 Å². The molecule has 1 aromatic heterocycles. The van der Waals surface area contributed by atoms with Crippen LogP contribution in [0.15, 0.2) is 24.3 Å². The zero-order valence-corrected chi connectivity index (χ0v) is 9.17. The average Bonchev–Trinajstić information content (AvgIpc) is 2.59. The molecular weight excluding hydrogens is 208 g/mol. The van der Waals surface area contributed by atoms with E-state index in [1.54, 1.807) is 0 Å². The molecule has 0 saturated carbocycles. The van der Waals surface area contributed by atoms with Crippen molar-refractivity contribution in [2.75, 3.05) is 0 Å². The van der Waals surface area contributed by atoms with E-state index in [0.717, 1.165) is 29.9 Å². The predicted molar refractivity (Wildman–Crippen MR) is 63.1 cm³/mol. The number of aromatic nitrogens is 1. The minimum Gasteiger partial charge on any atom is -0.342 e. The Kier molecular flexibility index (Phi) is 2.01. The van der Waals surface area contributed by atoms with Gasteiger partial charge in [-0.1, -0.05) is 23.7 Å². The first-order valence-corrected chi connectivity index (χ1v) is 5.68. The Morgan fingerprint density at radius 1 is 1.40 bits per heavy atom. The lowest BCUT2D eigenvalue weighted by molar-refractivity contribution is 0.471. The third-order valence-electron chi connectivity index (χ3n) is 3.18. The van der Waals surface area contributed by atoms with Crippen LogP contribution in [0, 0.1) is 0 Å². The van der Waals surface area contributed by atoms with Gasteiger partial charge in [0.15, 0.2) is 0 Å². The van der Waals surface area contributed by atoms with Crippen LogP contribution in [-0.2, 0) is 6.54 Å². The quantitative estimate of drug-likeness (QED) is 0.727. The first kappa shape index (κ1) is 9.25. The molecule has 3 heteroatoms. The van der Waals surface area contributed by atoms with Crippen LogP contribution in [0.2, 0.25) is 5.02 Å². The Morgan fingerprint density at radius 3 is 3.13 bits per heavy atom. The molecule has 15 heavy (non-hydrogen) atoms. The Bertz CT molecular complexity index is 516. The molecule has 1 aliphatic heterocycles. The fraction of sp³-hybridized carbons (Fsp3) is 0.333. The summed E-state index contributed by atoms with van der Waals surface area (Å²) in [6.45, 7) is 1.04. The second-order valence-electron chi connectivity index (χ2n) is 4.15. The topological polar surface area (TPSA) is 30.9 Å². The molecule has 0 bridgehead atoms. The minimum absolute atomic E-state index is 0.169. The van der Waals surface area contributed by atoms with E-state index in [2.05, 4.69) is 16.7 Å². The molecule has 2 nitrogen and oxygen atoms in total. The summed E-state index contributed by atoms with van der Waals surface area (Å²) >= 11 is 6.22. The highest BCUT2D eigenvalue weighted by molar-refractivity contribution is 6.35. The molecule has 0 fully saturated rings. The molecule has 0 radical (unpaired) electrons. The fourth-order valence-corrected chi connectivity index (χ4v) is 2.75.